The largest absolute Gasteiger partial charge is 0.497 e. The monoisotopic (exact) mass is 425 g/mol. The van der Waals surface area contributed by atoms with Crippen LogP contribution in [0.25, 0.3) is 0 Å². The number of hydrogen-bond donors (Lipinski definition) is 1. The molecule has 30 heavy (non-hydrogen) atoms. The highest BCUT2D eigenvalue weighted by atomic mass is 32.2. The summed E-state index contributed by atoms with van der Waals surface area (Å²) < 4.78 is 33.3. The number of nitrogens with zero attached hydrogens (tertiary/aromatic N) is 1. The van der Waals surface area contributed by atoms with Crippen LogP contribution in [0.5, 0.6) is 5.75 Å². The van der Waals surface area contributed by atoms with E-state index < -0.39 is 16.0 Å². The van der Waals surface area contributed by atoms with Crippen molar-refractivity contribution in [2.24, 2.45) is 0 Å². The van der Waals surface area contributed by atoms with Crippen molar-refractivity contribution in [1.29, 1.82) is 0 Å². The van der Waals surface area contributed by atoms with Gasteiger partial charge >= 0.3 is 5.97 Å². The normalized spacial score (nSPS) is 11.4. The molecule has 0 aromatic heterocycles. The number of aryl methyl sites for hydroxylation is 1. The SMILES string of the molecule is COc1ccc(S(=O)(=O)N(Cc2ccccc2)Cc2ccc(C(=O)O)c(C)c2)cc1. The molecule has 6 nitrogen and oxygen atoms in total. The van der Waals surface area contributed by atoms with E-state index >= 15 is 0 Å². The van der Waals surface area contributed by atoms with Gasteiger partial charge in [-0.05, 0) is 53.9 Å². The molecule has 3 rings (SSSR count). The lowest BCUT2D eigenvalue weighted by molar-refractivity contribution is 0.0696. The number of hydrogen-bond acceptors (Lipinski definition) is 4. The third-order valence-electron chi connectivity index (χ3n) is 4.78. The number of ether oxygens (including phenoxy) is 1. The maximum atomic E-state index is 13.4. The molecule has 0 saturated heterocycles. The molecular weight excluding hydrogens is 402 g/mol. The maximum Gasteiger partial charge on any atom is 0.335 e. The van der Waals surface area contributed by atoms with Gasteiger partial charge in [0, 0.05) is 13.1 Å². The molecule has 1 N–H and O–H groups in total. The first kappa shape index (κ1) is 21.5. The number of sulfonamides is 1. The molecule has 3 aromatic carbocycles. The summed E-state index contributed by atoms with van der Waals surface area (Å²) in [6.07, 6.45) is 0. The van der Waals surface area contributed by atoms with Gasteiger partial charge in [-0.1, -0.05) is 42.5 Å². The summed E-state index contributed by atoms with van der Waals surface area (Å²) in [5.41, 5.74) is 2.35. The molecule has 0 aliphatic carbocycles. The fourth-order valence-electron chi connectivity index (χ4n) is 3.18. The molecule has 0 bridgehead atoms. The summed E-state index contributed by atoms with van der Waals surface area (Å²) >= 11 is 0. The minimum atomic E-state index is -3.80. The highest BCUT2D eigenvalue weighted by Gasteiger charge is 2.25. The Hall–Kier alpha value is -3.16. The number of carboxylic acids is 1. The van der Waals surface area contributed by atoms with Crippen LogP contribution in [0.3, 0.4) is 0 Å². The van der Waals surface area contributed by atoms with Crippen LogP contribution in [0.2, 0.25) is 0 Å². The molecule has 0 heterocycles. The van der Waals surface area contributed by atoms with E-state index in [0.717, 1.165) is 5.56 Å². The average Bonchev–Trinajstić information content (AvgIpc) is 2.74. The molecule has 0 amide bonds. The first-order chi connectivity index (χ1) is 14.3. The van der Waals surface area contributed by atoms with Crippen molar-refractivity contribution in [1.82, 2.24) is 4.31 Å². The zero-order valence-electron chi connectivity index (χ0n) is 16.8. The summed E-state index contributed by atoms with van der Waals surface area (Å²) in [7, 11) is -2.28. The minimum Gasteiger partial charge on any atom is -0.497 e. The number of benzene rings is 3. The number of aromatic carboxylic acids is 1. The third-order valence-corrected chi connectivity index (χ3v) is 6.59. The van der Waals surface area contributed by atoms with E-state index in [0.29, 0.717) is 16.9 Å². The molecular formula is C23H23NO5S. The van der Waals surface area contributed by atoms with Crippen molar-refractivity contribution in [2.75, 3.05) is 7.11 Å². The van der Waals surface area contributed by atoms with Gasteiger partial charge in [-0.3, -0.25) is 0 Å². The van der Waals surface area contributed by atoms with Gasteiger partial charge in [-0.25, -0.2) is 13.2 Å². The van der Waals surface area contributed by atoms with Gasteiger partial charge in [-0.2, -0.15) is 4.31 Å². The Morgan fingerprint density at radius 2 is 1.57 bits per heavy atom. The van der Waals surface area contributed by atoms with Gasteiger partial charge < -0.3 is 9.84 Å². The molecule has 3 aromatic rings. The van der Waals surface area contributed by atoms with Crippen LogP contribution in [0.4, 0.5) is 0 Å². The topological polar surface area (TPSA) is 83.9 Å². The van der Waals surface area contributed by atoms with Crippen molar-refractivity contribution >= 4 is 16.0 Å². The van der Waals surface area contributed by atoms with Crippen molar-refractivity contribution in [3.8, 4) is 5.75 Å². The van der Waals surface area contributed by atoms with Gasteiger partial charge in [0.25, 0.3) is 0 Å². The maximum absolute atomic E-state index is 13.4. The highest BCUT2D eigenvalue weighted by Crippen LogP contribution is 2.24. The van der Waals surface area contributed by atoms with Crippen molar-refractivity contribution in [2.45, 2.75) is 24.9 Å². The Labute approximate surface area is 176 Å². The predicted molar refractivity (Wildman–Crippen MR) is 114 cm³/mol. The smallest absolute Gasteiger partial charge is 0.335 e. The molecule has 0 unspecified atom stereocenters. The predicted octanol–water partition coefficient (Wildman–Crippen LogP) is 4.09. The van der Waals surface area contributed by atoms with E-state index in [1.54, 1.807) is 31.2 Å². The van der Waals surface area contributed by atoms with E-state index in [2.05, 4.69) is 0 Å². The van der Waals surface area contributed by atoms with Gasteiger partial charge in [0.2, 0.25) is 10.0 Å². The third kappa shape index (κ3) is 4.87. The van der Waals surface area contributed by atoms with Crippen LogP contribution in [0.15, 0.2) is 77.7 Å². The minimum absolute atomic E-state index is 0.115. The molecule has 0 atom stereocenters. The molecule has 7 heteroatoms. The van der Waals surface area contributed by atoms with Crippen LogP contribution in [-0.2, 0) is 23.1 Å². The highest BCUT2D eigenvalue weighted by molar-refractivity contribution is 7.89. The summed E-state index contributed by atoms with van der Waals surface area (Å²) in [6, 6.07) is 20.5. The molecule has 0 saturated carbocycles. The van der Waals surface area contributed by atoms with Crippen molar-refractivity contribution < 1.29 is 23.1 Å². The Morgan fingerprint density at radius 3 is 2.13 bits per heavy atom. The van der Waals surface area contributed by atoms with Crippen molar-refractivity contribution in [3.05, 3.63) is 95.1 Å². The van der Waals surface area contributed by atoms with E-state index in [1.807, 2.05) is 30.3 Å². The molecule has 0 spiro atoms. The van der Waals surface area contributed by atoms with E-state index in [4.69, 9.17) is 4.74 Å². The number of carboxylic acid groups (broad SMARTS) is 1. The summed E-state index contributed by atoms with van der Waals surface area (Å²) in [5, 5.41) is 9.24. The second kappa shape index (κ2) is 9.11. The Morgan fingerprint density at radius 1 is 0.933 bits per heavy atom. The quantitative estimate of drug-likeness (QED) is 0.588. The zero-order valence-corrected chi connectivity index (χ0v) is 17.6. The Kier molecular flexibility index (Phi) is 6.54. The average molecular weight is 426 g/mol. The lowest BCUT2D eigenvalue weighted by atomic mass is 10.1. The van der Waals surface area contributed by atoms with Crippen molar-refractivity contribution in [3.63, 3.8) is 0 Å². The molecule has 0 radical (unpaired) electrons. The van der Waals surface area contributed by atoms with Gasteiger partial charge in [-0.15, -0.1) is 0 Å². The number of carbonyl (C=O) groups is 1. The van der Waals surface area contributed by atoms with Crippen LogP contribution in [-0.4, -0.2) is 30.9 Å². The Balaban J connectivity index is 1.97. The first-order valence-electron chi connectivity index (χ1n) is 9.32. The zero-order chi connectivity index (χ0) is 21.7. The molecule has 0 aliphatic heterocycles. The second-order valence-corrected chi connectivity index (χ2v) is 8.83. The first-order valence-corrected chi connectivity index (χ1v) is 10.8. The fraction of sp³-hybridized carbons (Fsp3) is 0.174. The number of methoxy groups -OCH3 is 1. The Bertz CT molecular complexity index is 1130. The lowest BCUT2D eigenvalue weighted by Crippen LogP contribution is -2.30. The van der Waals surface area contributed by atoms with E-state index in [1.165, 1.54) is 29.6 Å². The second-order valence-electron chi connectivity index (χ2n) is 6.89. The fourth-order valence-corrected chi connectivity index (χ4v) is 4.59. The van der Waals surface area contributed by atoms with E-state index in [-0.39, 0.29) is 23.5 Å². The molecule has 0 aliphatic rings. The van der Waals surface area contributed by atoms with Gasteiger partial charge in [0.15, 0.2) is 0 Å². The standard InChI is InChI=1S/C23H23NO5S/c1-17-14-19(8-13-22(17)23(25)26)16-24(15-18-6-4-3-5-7-18)30(27,28)21-11-9-20(29-2)10-12-21/h3-14H,15-16H2,1-2H3,(H,25,26). The van der Waals surface area contributed by atoms with E-state index in [9.17, 15) is 18.3 Å². The van der Waals surface area contributed by atoms with Gasteiger partial charge in [0.1, 0.15) is 5.75 Å². The van der Waals surface area contributed by atoms with Gasteiger partial charge in [0.05, 0.1) is 17.6 Å². The molecule has 0 fully saturated rings. The lowest BCUT2D eigenvalue weighted by Gasteiger charge is -2.23. The van der Waals surface area contributed by atoms with Crippen LogP contribution in [0, 0.1) is 6.92 Å². The summed E-state index contributed by atoms with van der Waals surface area (Å²) in [4.78, 5) is 11.4. The summed E-state index contributed by atoms with van der Waals surface area (Å²) in [6.45, 7) is 2.01. The summed E-state index contributed by atoms with van der Waals surface area (Å²) in [5.74, 6) is -0.436. The van der Waals surface area contributed by atoms with Crippen LogP contribution in [0.1, 0.15) is 27.0 Å². The number of rotatable bonds is 8. The van der Waals surface area contributed by atoms with Crippen LogP contribution >= 0.6 is 0 Å². The van der Waals surface area contributed by atoms with Crippen LogP contribution < -0.4 is 4.74 Å². The molecule has 156 valence electrons.